The molecule has 0 aliphatic rings. The number of carboxylic acids is 1. The first-order chi connectivity index (χ1) is 7.56. The maximum atomic E-state index is 13.5. The number of benzene rings is 1. The summed E-state index contributed by atoms with van der Waals surface area (Å²) in [5.74, 6) is -0.815. The fraction of sp³-hybridized carbons (Fsp3) is 0.364. The Labute approximate surface area is 101 Å². The largest absolute Gasteiger partial charge is 0.495 e. The minimum absolute atomic E-state index is 0.0229. The van der Waals surface area contributed by atoms with E-state index >= 15 is 0 Å². The molecule has 0 saturated carbocycles. The lowest BCUT2D eigenvalue weighted by Gasteiger charge is -2.10. The molecule has 1 aromatic carbocycles. The molecule has 88 valence electrons. The maximum absolute atomic E-state index is 13.5. The lowest BCUT2D eigenvalue weighted by Crippen LogP contribution is -2.00. The van der Waals surface area contributed by atoms with E-state index < -0.39 is 5.97 Å². The Morgan fingerprint density at radius 2 is 2.25 bits per heavy atom. The first-order valence-electron chi connectivity index (χ1n) is 4.79. The molecule has 0 amide bonds. The molecule has 0 aliphatic heterocycles. The van der Waals surface area contributed by atoms with Gasteiger partial charge in [-0.25, -0.2) is 4.39 Å². The number of halogens is 2. The zero-order chi connectivity index (χ0) is 12.1. The van der Waals surface area contributed by atoms with Gasteiger partial charge in [-0.2, -0.15) is 0 Å². The van der Waals surface area contributed by atoms with Crippen LogP contribution in [0, 0.1) is 5.82 Å². The number of carbonyl (C=O) groups is 1. The number of hydrogen-bond donors (Lipinski definition) is 1. The second kappa shape index (κ2) is 5.84. The summed E-state index contributed by atoms with van der Waals surface area (Å²) in [6.07, 6.45) is 0.759. The van der Waals surface area contributed by atoms with Crippen LogP contribution < -0.4 is 4.74 Å². The molecule has 0 saturated heterocycles. The van der Waals surface area contributed by atoms with Gasteiger partial charge in [-0.1, -0.05) is 0 Å². The highest BCUT2D eigenvalue weighted by molar-refractivity contribution is 9.10. The molecule has 0 heterocycles. The van der Waals surface area contributed by atoms with Gasteiger partial charge in [0.25, 0.3) is 0 Å². The lowest BCUT2D eigenvalue weighted by atomic mass is 10.1. The van der Waals surface area contributed by atoms with Crippen LogP contribution in [0.3, 0.4) is 0 Å². The van der Waals surface area contributed by atoms with Gasteiger partial charge in [-0.15, -0.1) is 0 Å². The number of hydrogen-bond acceptors (Lipinski definition) is 2. The van der Waals surface area contributed by atoms with Gasteiger partial charge in [0.15, 0.2) is 0 Å². The van der Waals surface area contributed by atoms with Crippen molar-refractivity contribution >= 4 is 21.9 Å². The maximum Gasteiger partial charge on any atom is 0.303 e. The first kappa shape index (κ1) is 13.0. The Balaban J connectivity index is 2.84. The van der Waals surface area contributed by atoms with Crippen LogP contribution in [0.1, 0.15) is 18.4 Å². The summed E-state index contributed by atoms with van der Waals surface area (Å²) >= 11 is 3.25. The topological polar surface area (TPSA) is 46.5 Å². The standard InChI is InChI=1S/C11H12BrFO3/c1-16-11-7(3-2-4-10(14)15)9(13)6-5-8(11)12/h5-6H,2-4H2,1H3,(H,14,15). The lowest BCUT2D eigenvalue weighted by molar-refractivity contribution is -0.137. The summed E-state index contributed by atoms with van der Waals surface area (Å²) < 4.78 is 19.2. The van der Waals surface area contributed by atoms with Gasteiger partial charge in [0.1, 0.15) is 11.6 Å². The van der Waals surface area contributed by atoms with Crippen molar-refractivity contribution in [3.63, 3.8) is 0 Å². The number of aliphatic carboxylic acids is 1. The van der Waals surface area contributed by atoms with Gasteiger partial charge < -0.3 is 9.84 Å². The highest BCUT2D eigenvalue weighted by Gasteiger charge is 2.13. The van der Waals surface area contributed by atoms with Crippen LogP contribution in [0.5, 0.6) is 5.75 Å². The summed E-state index contributed by atoms with van der Waals surface area (Å²) in [7, 11) is 1.46. The molecular formula is C11H12BrFO3. The van der Waals surface area contributed by atoms with Crippen LogP contribution in [0.4, 0.5) is 4.39 Å². The van der Waals surface area contributed by atoms with E-state index in [4.69, 9.17) is 9.84 Å². The minimum atomic E-state index is -0.880. The quantitative estimate of drug-likeness (QED) is 0.907. The molecule has 0 radical (unpaired) electrons. The monoisotopic (exact) mass is 290 g/mol. The Morgan fingerprint density at radius 1 is 1.56 bits per heavy atom. The molecule has 1 aromatic rings. The SMILES string of the molecule is COc1c(Br)ccc(F)c1CCCC(=O)O. The van der Waals surface area contributed by atoms with E-state index in [1.807, 2.05) is 0 Å². The highest BCUT2D eigenvalue weighted by Crippen LogP contribution is 2.31. The van der Waals surface area contributed by atoms with Crippen molar-refractivity contribution in [1.82, 2.24) is 0 Å². The van der Waals surface area contributed by atoms with E-state index in [1.165, 1.54) is 13.2 Å². The van der Waals surface area contributed by atoms with E-state index in [0.717, 1.165) is 0 Å². The zero-order valence-electron chi connectivity index (χ0n) is 8.80. The van der Waals surface area contributed by atoms with Crippen molar-refractivity contribution in [3.05, 3.63) is 28.0 Å². The van der Waals surface area contributed by atoms with Crippen LogP contribution in [0.25, 0.3) is 0 Å². The van der Waals surface area contributed by atoms with Crippen LogP contribution >= 0.6 is 15.9 Å². The third-order valence-corrected chi connectivity index (χ3v) is 2.80. The van der Waals surface area contributed by atoms with Crippen molar-refractivity contribution in [2.75, 3.05) is 7.11 Å². The summed E-state index contributed by atoms with van der Waals surface area (Å²) in [5.41, 5.74) is 0.415. The predicted molar refractivity (Wildman–Crippen MR) is 61.2 cm³/mol. The second-order valence-corrected chi connectivity index (χ2v) is 4.14. The Kier molecular flexibility index (Phi) is 4.73. The number of carboxylic acid groups (broad SMARTS) is 1. The fourth-order valence-corrected chi connectivity index (χ4v) is 1.98. The first-order valence-corrected chi connectivity index (χ1v) is 5.58. The van der Waals surface area contributed by atoms with Crippen LogP contribution in [-0.2, 0) is 11.2 Å². The van der Waals surface area contributed by atoms with Crippen LogP contribution in [0.15, 0.2) is 16.6 Å². The molecule has 1 rings (SSSR count). The molecule has 3 nitrogen and oxygen atoms in total. The van der Waals surface area contributed by atoms with Gasteiger partial charge in [0.05, 0.1) is 11.6 Å². The molecule has 5 heteroatoms. The Bertz CT molecular complexity index is 393. The molecular weight excluding hydrogens is 279 g/mol. The molecule has 0 atom stereocenters. The summed E-state index contributed by atoms with van der Waals surface area (Å²) in [6, 6.07) is 2.90. The number of rotatable bonds is 5. The van der Waals surface area contributed by atoms with Gasteiger partial charge in [0, 0.05) is 12.0 Å². The van der Waals surface area contributed by atoms with Gasteiger partial charge in [-0.3, -0.25) is 4.79 Å². The van der Waals surface area contributed by atoms with E-state index in [1.54, 1.807) is 6.07 Å². The van der Waals surface area contributed by atoms with Crippen molar-refractivity contribution in [2.45, 2.75) is 19.3 Å². The molecule has 0 fully saturated rings. The third-order valence-electron chi connectivity index (χ3n) is 2.18. The average Bonchev–Trinajstić information content (AvgIpc) is 2.23. The zero-order valence-corrected chi connectivity index (χ0v) is 10.4. The smallest absolute Gasteiger partial charge is 0.303 e. The van der Waals surface area contributed by atoms with Gasteiger partial charge in [-0.05, 0) is 40.9 Å². The van der Waals surface area contributed by atoms with Gasteiger partial charge >= 0.3 is 5.97 Å². The van der Waals surface area contributed by atoms with Crippen molar-refractivity contribution in [2.24, 2.45) is 0 Å². The molecule has 16 heavy (non-hydrogen) atoms. The third kappa shape index (κ3) is 3.20. The van der Waals surface area contributed by atoms with E-state index in [9.17, 15) is 9.18 Å². The van der Waals surface area contributed by atoms with E-state index in [0.29, 0.717) is 28.6 Å². The average molecular weight is 291 g/mol. The molecule has 0 unspecified atom stereocenters. The number of methoxy groups -OCH3 is 1. The number of ether oxygens (including phenoxy) is 1. The van der Waals surface area contributed by atoms with Crippen molar-refractivity contribution in [1.29, 1.82) is 0 Å². The van der Waals surface area contributed by atoms with Crippen molar-refractivity contribution in [3.8, 4) is 5.75 Å². The minimum Gasteiger partial charge on any atom is -0.495 e. The predicted octanol–water partition coefficient (Wildman–Crippen LogP) is 3.00. The van der Waals surface area contributed by atoms with E-state index in [-0.39, 0.29) is 12.2 Å². The summed E-state index contributed by atoms with van der Waals surface area (Å²) in [4.78, 5) is 10.4. The molecule has 0 bridgehead atoms. The van der Waals surface area contributed by atoms with Crippen molar-refractivity contribution < 1.29 is 19.0 Å². The second-order valence-electron chi connectivity index (χ2n) is 3.29. The summed E-state index contributed by atoms with van der Waals surface area (Å²) in [5, 5.41) is 8.51. The fourth-order valence-electron chi connectivity index (χ4n) is 1.45. The molecule has 0 aliphatic carbocycles. The van der Waals surface area contributed by atoms with Crippen LogP contribution in [0.2, 0.25) is 0 Å². The summed E-state index contributed by atoms with van der Waals surface area (Å²) in [6.45, 7) is 0. The van der Waals surface area contributed by atoms with Crippen LogP contribution in [-0.4, -0.2) is 18.2 Å². The molecule has 0 spiro atoms. The Hall–Kier alpha value is -1.10. The Morgan fingerprint density at radius 3 is 2.81 bits per heavy atom. The molecule has 1 N–H and O–H groups in total. The van der Waals surface area contributed by atoms with E-state index in [2.05, 4.69) is 15.9 Å². The highest BCUT2D eigenvalue weighted by atomic mass is 79.9. The molecule has 0 aromatic heterocycles. The normalized spacial score (nSPS) is 10.2. The van der Waals surface area contributed by atoms with Gasteiger partial charge in [0.2, 0.25) is 0 Å².